The normalized spacial score (nSPS) is 22.4. The Morgan fingerprint density at radius 2 is 1.80 bits per heavy atom. The van der Waals surface area contributed by atoms with E-state index in [1.165, 1.54) is 38.2 Å². The number of hydrogen-bond acceptors (Lipinski definition) is 3. The van der Waals surface area contributed by atoms with Gasteiger partial charge in [0.2, 0.25) is 0 Å². The molecule has 3 nitrogen and oxygen atoms in total. The number of guanidine groups is 1. The number of aliphatic imine (C=N–C) groups is 1. The molecule has 20 heavy (non-hydrogen) atoms. The van der Waals surface area contributed by atoms with Crippen LogP contribution in [-0.4, -0.2) is 18.0 Å². The standard InChI is InChI=1S/C16H22FN3/c17-13-7-6-8-14(11-13)20-15(18)19-12-16(20)9-4-2-1-3-5-10-16/h6-8,11H,1-5,9-10,12H2,(H2,18,19). The van der Waals surface area contributed by atoms with Crippen LogP contribution in [0.4, 0.5) is 10.1 Å². The number of halogens is 1. The molecule has 0 unspecified atom stereocenters. The van der Waals surface area contributed by atoms with E-state index in [-0.39, 0.29) is 11.4 Å². The lowest BCUT2D eigenvalue weighted by atomic mass is 9.83. The van der Waals surface area contributed by atoms with Gasteiger partial charge in [0.25, 0.3) is 0 Å². The van der Waals surface area contributed by atoms with Crippen LogP contribution in [0.2, 0.25) is 0 Å². The maximum Gasteiger partial charge on any atom is 0.196 e. The van der Waals surface area contributed by atoms with Gasteiger partial charge in [0.15, 0.2) is 5.96 Å². The summed E-state index contributed by atoms with van der Waals surface area (Å²) in [6.45, 7) is 0.745. The number of hydrogen-bond donors (Lipinski definition) is 1. The third-order valence-electron chi connectivity index (χ3n) is 4.59. The van der Waals surface area contributed by atoms with Crippen molar-refractivity contribution in [2.24, 2.45) is 10.7 Å². The molecule has 1 aliphatic heterocycles. The smallest absolute Gasteiger partial charge is 0.196 e. The summed E-state index contributed by atoms with van der Waals surface area (Å²) in [4.78, 5) is 6.56. The van der Waals surface area contributed by atoms with Gasteiger partial charge >= 0.3 is 0 Å². The van der Waals surface area contributed by atoms with Gasteiger partial charge in [0.1, 0.15) is 5.82 Å². The molecule has 0 radical (unpaired) electrons. The van der Waals surface area contributed by atoms with E-state index in [0.717, 1.165) is 25.1 Å². The predicted molar refractivity (Wildman–Crippen MR) is 80.4 cm³/mol. The molecule has 0 amide bonds. The van der Waals surface area contributed by atoms with Gasteiger partial charge in [-0.3, -0.25) is 4.99 Å². The van der Waals surface area contributed by atoms with E-state index in [2.05, 4.69) is 9.89 Å². The summed E-state index contributed by atoms with van der Waals surface area (Å²) in [7, 11) is 0. The minimum absolute atomic E-state index is 0.0295. The second-order valence-corrected chi connectivity index (χ2v) is 5.98. The highest BCUT2D eigenvalue weighted by atomic mass is 19.1. The van der Waals surface area contributed by atoms with Crippen molar-refractivity contribution < 1.29 is 4.39 Å². The number of benzene rings is 1. The van der Waals surface area contributed by atoms with Crippen LogP contribution in [0.15, 0.2) is 29.3 Å². The number of anilines is 1. The summed E-state index contributed by atoms with van der Waals surface area (Å²) in [5, 5.41) is 0. The average molecular weight is 275 g/mol. The summed E-state index contributed by atoms with van der Waals surface area (Å²) in [5.74, 6) is 0.319. The first-order valence-corrected chi connectivity index (χ1v) is 7.57. The first-order valence-electron chi connectivity index (χ1n) is 7.57. The van der Waals surface area contributed by atoms with Crippen molar-refractivity contribution >= 4 is 11.6 Å². The molecule has 0 aromatic heterocycles. The third kappa shape index (κ3) is 2.39. The number of nitrogens with zero attached hydrogens (tertiary/aromatic N) is 2. The van der Waals surface area contributed by atoms with E-state index in [1.807, 2.05) is 6.07 Å². The zero-order valence-electron chi connectivity index (χ0n) is 11.8. The molecule has 1 heterocycles. The molecule has 2 aliphatic rings. The monoisotopic (exact) mass is 275 g/mol. The fourth-order valence-corrected chi connectivity index (χ4v) is 3.58. The lowest BCUT2D eigenvalue weighted by Crippen LogP contribution is -2.52. The van der Waals surface area contributed by atoms with E-state index in [4.69, 9.17) is 5.73 Å². The van der Waals surface area contributed by atoms with Gasteiger partial charge in [-0.2, -0.15) is 0 Å². The van der Waals surface area contributed by atoms with Crippen LogP contribution in [-0.2, 0) is 0 Å². The molecule has 1 aromatic rings. The maximum atomic E-state index is 13.5. The molecular formula is C16H22FN3. The molecule has 0 bridgehead atoms. The summed E-state index contributed by atoms with van der Waals surface area (Å²) in [5.41, 5.74) is 6.92. The van der Waals surface area contributed by atoms with Crippen LogP contribution >= 0.6 is 0 Å². The Balaban J connectivity index is 1.94. The van der Waals surface area contributed by atoms with Crippen molar-refractivity contribution in [3.63, 3.8) is 0 Å². The van der Waals surface area contributed by atoms with Gasteiger partial charge < -0.3 is 10.6 Å². The Labute approximate surface area is 119 Å². The maximum absolute atomic E-state index is 13.5. The zero-order chi connectivity index (χ0) is 14.0. The summed E-state index contributed by atoms with van der Waals surface area (Å²) < 4.78 is 13.5. The molecule has 1 spiro atoms. The Morgan fingerprint density at radius 1 is 1.10 bits per heavy atom. The second kappa shape index (κ2) is 5.43. The predicted octanol–water partition coefficient (Wildman–Crippen LogP) is 3.44. The Morgan fingerprint density at radius 3 is 2.50 bits per heavy atom. The van der Waals surface area contributed by atoms with Crippen LogP contribution in [0.5, 0.6) is 0 Å². The van der Waals surface area contributed by atoms with Crippen molar-refractivity contribution in [1.29, 1.82) is 0 Å². The minimum Gasteiger partial charge on any atom is -0.369 e. The van der Waals surface area contributed by atoms with Gasteiger partial charge in [-0.1, -0.05) is 38.2 Å². The average Bonchev–Trinajstić information content (AvgIpc) is 2.72. The SMILES string of the molecule is NC1=NCC2(CCCCCCC2)N1c1cccc(F)c1. The number of nitrogens with two attached hydrogens (primary N) is 1. The molecule has 0 atom stereocenters. The van der Waals surface area contributed by atoms with E-state index in [0.29, 0.717) is 5.96 Å². The summed E-state index contributed by atoms with van der Waals surface area (Å²) in [6.07, 6.45) is 8.47. The molecule has 1 saturated carbocycles. The first-order chi connectivity index (χ1) is 9.71. The molecular weight excluding hydrogens is 253 g/mol. The fourth-order valence-electron chi connectivity index (χ4n) is 3.58. The molecule has 1 fully saturated rings. The fraction of sp³-hybridized carbons (Fsp3) is 0.562. The van der Waals surface area contributed by atoms with E-state index in [9.17, 15) is 4.39 Å². The molecule has 2 N–H and O–H groups in total. The van der Waals surface area contributed by atoms with Gasteiger partial charge in [-0.05, 0) is 31.0 Å². The van der Waals surface area contributed by atoms with Crippen molar-refractivity contribution in [2.75, 3.05) is 11.4 Å². The molecule has 108 valence electrons. The van der Waals surface area contributed by atoms with Crippen molar-refractivity contribution in [2.45, 2.75) is 50.5 Å². The second-order valence-electron chi connectivity index (χ2n) is 5.98. The lowest BCUT2D eigenvalue weighted by molar-refractivity contribution is 0.337. The van der Waals surface area contributed by atoms with Crippen molar-refractivity contribution in [3.8, 4) is 0 Å². The molecule has 4 heteroatoms. The highest BCUT2D eigenvalue weighted by molar-refractivity contribution is 5.98. The van der Waals surface area contributed by atoms with Gasteiger partial charge in [-0.25, -0.2) is 4.39 Å². The number of rotatable bonds is 1. The van der Waals surface area contributed by atoms with Crippen molar-refractivity contribution in [3.05, 3.63) is 30.1 Å². The highest BCUT2D eigenvalue weighted by Gasteiger charge is 2.42. The third-order valence-corrected chi connectivity index (χ3v) is 4.59. The van der Waals surface area contributed by atoms with Crippen LogP contribution in [0.25, 0.3) is 0 Å². The first kappa shape index (κ1) is 13.4. The van der Waals surface area contributed by atoms with E-state index >= 15 is 0 Å². The summed E-state index contributed by atoms with van der Waals surface area (Å²) in [6, 6.07) is 6.70. The minimum atomic E-state index is -0.219. The Hall–Kier alpha value is -1.58. The largest absolute Gasteiger partial charge is 0.369 e. The quantitative estimate of drug-likeness (QED) is 0.853. The van der Waals surface area contributed by atoms with Gasteiger partial charge in [0.05, 0.1) is 12.1 Å². The van der Waals surface area contributed by atoms with Crippen LogP contribution in [0.3, 0.4) is 0 Å². The topological polar surface area (TPSA) is 41.6 Å². The molecule has 1 aliphatic carbocycles. The molecule has 0 saturated heterocycles. The van der Waals surface area contributed by atoms with Crippen LogP contribution in [0, 0.1) is 5.82 Å². The molecule has 1 aromatic carbocycles. The van der Waals surface area contributed by atoms with Gasteiger partial charge in [0, 0.05) is 5.69 Å². The van der Waals surface area contributed by atoms with Gasteiger partial charge in [-0.15, -0.1) is 0 Å². The lowest BCUT2D eigenvalue weighted by Gasteiger charge is -2.40. The summed E-state index contributed by atoms with van der Waals surface area (Å²) >= 11 is 0. The molecule has 3 rings (SSSR count). The zero-order valence-corrected chi connectivity index (χ0v) is 11.8. The van der Waals surface area contributed by atoms with E-state index in [1.54, 1.807) is 12.1 Å². The Kier molecular flexibility index (Phi) is 3.64. The van der Waals surface area contributed by atoms with Crippen LogP contribution in [0.1, 0.15) is 44.9 Å². The van der Waals surface area contributed by atoms with Crippen LogP contribution < -0.4 is 10.6 Å². The van der Waals surface area contributed by atoms with E-state index < -0.39 is 0 Å². The Bertz CT molecular complexity index is 504. The van der Waals surface area contributed by atoms with Crippen molar-refractivity contribution in [1.82, 2.24) is 0 Å². The highest BCUT2D eigenvalue weighted by Crippen LogP contribution is 2.38.